The predicted molar refractivity (Wildman–Crippen MR) is 183 cm³/mol. The van der Waals surface area contributed by atoms with Crippen LogP contribution in [-0.4, -0.2) is 49.5 Å². The minimum Gasteiger partial charge on any atom is -0.623 e. The van der Waals surface area contributed by atoms with E-state index in [0.717, 1.165) is 66.4 Å². The second-order valence-electron chi connectivity index (χ2n) is 11.7. The van der Waals surface area contributed by atoms with Crippen LogP contribution in [0.4, 0.5) is 17.1 Å². The molecular weight excluding hydrogens is 566 g/mol. The van der Waals surface area contributed by atoms with Gasteiger partial charge >= 0.3 is 0 Å². The first kappa shape index (κ1) is 29.9. The highest BCUT2D eigenvalue weighted by atomic mass is 35.5. The molecule has 44 heavy (non-hydrogen) atoms. The molecule has 0 saturated heterocycles. The molecule has 0 atom stereocenters. The lowest BCUT2D eigenvalue weighted by molar-refractivity contribution is -0.439. The first-order valence-corrected chi connectivity index (χ1v) is 16.0. The maximum absolute atomic E-state index is 12.9. The maximum Gasteiger partial charge on any atom is 0.228 e. The quantitative estimate of drug-likeness (QED) is 0.132. The molecule has 4 aromatic rings. The number of aliphatic imine (C=N–C) groups is 1. The van der Waals surface area contributed by atoms with Crippen molar-refractivity contribution in [3.8, 4) is 0 Å². The number of benzene rings is 4. The van der Waals surface area contributed by atoms with Crippen molar-refractivity contribution in [2.24, 2.45) is 10.9 Å². The van der Waals surface area contributed by atoms with Crippen molar-refractivity contribution in [3.63, 3.8) is 0 Å². The Morgan fingerprint density at radius 2 is 1.55 bits per heavy atom. The van der Waals surface area contributed by atoms with Gasteiger partial charge < -0.3 is 20.7 Å². The third-order valence-corrected chi connectivity index (χ3v) is 8.62. The summed E-state index contributed by atoms with van der Waals surface area (Å²) in [5, 5.41) is 20.1. The van der Waals surface area contributed by atoms with Gasteiger partial charge in [-0.1, -0.05) is 66.2 Å². The average molecular weight is 606 g/mol. The van der Waals surface area contributed by atoms with Crippen LogP contribution in [0.1, 0.15) is 41.5 Å². The molecular formula is C37H40ClN5O. The second kappa shape index (κ2) is 14.1. The standard InChI is InChI=1S/C19H18ClN3O.C18H22N2/c20-15-8-9-17-16(10-15)19(14-4-2-1-3-5-14)23(24)12-18(22-17)21-11-13-6-7-13;1-19-13-6-14-20-17-9-4-2-7-15(17)11-12-16-8-3-5-10-18(16)20/h1-5,8-10,13H,6-7,11-12H2,(H,21,22);2-5,7-10,19H,6,11-14H2,1H3. The van der Waals surface area contributed by atoms with Gasteiger partial charge in [-0.3, -0.25) is 0 Å². The summed E-state index contributed by atoms with van der Waals surface area (Å²) in [5.74, 6) is 1.43. The summed E-state index contributed by atoms with van der Waals surface area (Å²) < 4.78 is 1.01. The molecule has 0 unspecified atom stereocenters. The van der Waals surface area contributed by atoms with Gasteiger partial charge in [-0.05, 0) is 105 Å². The van der Waals surface area contributed by atoms with Crippen LogP contribution in [0, 0.1) is 11.1 Å². The Labute approximate surface area is 265 Å². The first-order valence-electron chi connectivity index (χ1n) is 15.7. The van der Waals surface area contributed by atoms with Gasteiger partial charge in [-0.15, -0.1) is 0 Å². The summed E-state index contributed by atoms with van der Waals surface area (Å²) >= 11 is 6.18. The fourth-order valence-electron chi connectivity index (χ4n) is 5.93. The van der Waals surface area contributed by atoms with Crippen LogP contribution in [-0.2, 0) is 12.8 Å². The zero-order chi connectivity index (χ0) is 30.3. The number of rotatable bonds is 7. The summed E-state index contributed by atoms with van der Waals surface area (Å²) in [5.41, 5.74) is 8.72. The van der Waals surface area contributed by atoms with E-state index in [2.05, 4.69) is 64.1 Å². The number of hydrogen-bond donors (Lipinski definition) is 2. The van der Waals surface area contributed by atoms with E-state index in [1.165, 1.54) is 35.3 Å². The zero-order valence-corrected chi connectivity index (χ0v) is 26.1. The van der Waals surface area contributed by atoms with Gasteiger partial charge in [0.05, 0.1) is 11.3 Å². The normalized spacial score (nSPS) is 15.5. The largest absolute Gasteiger partial charge is 0.623 e. The van der Waals surface area contributed by atoms with Crippen molar-refractivity contribution in [1.82, 2.24) is 10.6 Å². The van der Waals surface area contributed by atoms with E-state index in [0.29, 0.717) is 16.6 Å². The second-order valence-corrected chi connectivity index (χ2v) is 12.1. The van der Waals surface area contributed by atoms with Crippen LogP contribution in [0.2, 0.25) is 5.02 Å². The molecule has 0 bridgehead atoms. The third-order valence-electron chi connectivity index (χ3n) is 8.39. The molecule has 7 rings (SSSR count). The Kier molecular flexibility index (Phi) is 9.59. The van der Waals surface area contributed by atoms with Crippen molar-refractivity contribution in [1.29, 1.82) is 0 Å². The topological polar surface area (TPSA) is 65.7 Å². The number of aryl methyl sites for hydroxylation is 2. The van der Waals surface area contributed by atoms with Gasteiger partial charge in [0.25, 0.3) is 0 Å². The molecule has 226 valence electrons. The highest BCUT2D eigenvalue weighted by Gasteiger charge is 2.26. The number of hydrogen-bond acceptors (Lipinski definition) is 5. The molecule has 1 saturated carbocycles. The van der Waals surface area contributed by atoms with Crippen LogP contribution in [0.25, 0.3) is 0 Å². The first-order chi connectivity index (χ1) is 21.6. The summed E-state index contributed by atoms with van der Waals surface area (Å²) in [6, 6.07) is 32.8. The summed E-state index contributed by atoms with van der Waals surface area (Å²) in [7, 11) is 2.02. The minimum absolute atomic E-state index is 0.212. The fourth-order valence-corrected chi connectivity index (χ4v) is 6.10. The van der Waals surface area contributed by atoms with E-state index in [-0.39, 0.29) is 6.54 Å². The molecule has 0 amide bonds. The highest BCUT2D eigenvalue weighted by molar-refractivity contribution is 6.31. The molecule has 0 radical (unpaired) electrons. The monoisotopic (exact) mass is 605 g/mol. The molecule has 4 aromatic carbocycles. The smallest absolute Gasteiger partial charge is 0.228 e. The Balaban J connectivity index is 0.000000159. The van der Waals surface area contributed by atoms with E-state index >= 15 is 0 Å². The van der Waals surface area contributed by atoms with Crippen LogP contribution in [0.3, 0.4) is 0 Å². The predicted octanol–water partition coefficient (Wildman–Crippen LogP) is 7.26. The molecule has 0 aromatic heterocycles. The molecule has 2 heterocycles. The molecule has 2 aliphatic heterocycles. The number of nitrogens with one attached hydrogen (secondary N) is 2. The number of halogens is 1. The van der Waals surface area contributed by atoms with Gasteiger partial charge in [-0.2, -0.15) is 4.74 Å². The lowest BCUT2D eigenvalue weighted by Crippen LogP contribution is -2.33. The van der Waals surface area contributed by atoms with Crippen LogP contribution < -0.4 is 15.5 Å². The van der Waals surface area contributed by atoms with Crippen LogP contribution in [0.15, 0.2) is 102 Å². The molecule has 3 aliphatic rings. The Morgan fingerprint density at radius 1 is 0.886 bits per heavy atom. The minimum atomic E-state index is 0.212. The van der Waals surface area contributed by atoms with Crippen molar-refractivity contribution >= 4 is 40.2 Å². The summed E-state index contributed by atoms with van der Waals surface area (Å²) in [6.45, 7) is 3.22. The van der Waals surface area contributed by atoms with Gasteiger partial charge in [0.15, 0.2) is 5.84 Å². The van der Waals surface area contributed by atoms with Gasteiger partial charge in [-0.25, -0.2) is 4.99 Å². The molecule has 6 nitrogen and oxygen atoms in total. The number of amidine groups is 1. The average Bonchev–Trinajstić information content (AvgIpc) is 3.90. The lowest BCUT2D eigenvalue weighted by Gasteiger charge is -2.27. The number of fused-ring (bicyclic) bond motifs is 3. The Hall–Kier alpha value is -4.13. The van der Waals surface area contributed by atoms with E-state index in [1.807, 2.05) is 55.6 Å². The van der Waals surface area contributed by atoms with Gasteiger partial charge in [0.2, 0.25) is 12.3 Å². The van der Waals surface area contributed by atoms with E-state index in [9.17, 15) is 5.21 Å². The summed E-state index contributed by atoms with van der Waals surface area (Å²) in [4.78, 5) is 7.19. The van der Waals surface area contributed by atoms with Gasteiger partial charge in [0.1, 0.15) is 0 Å². The third kappa shape index (κ3) is 7.15. The van der Waals surface area contributed by atoms with Crippen LogP contribution >= 0.6 is 11.6 Å². The van der Waals surface area contributed by atoms with Crippen LogP contribution in [0.5, 0.6) is 0 Å². The van der Waals surface area contributed by atoms with E-state index < -0.39 is 0 Å². The SMILES string of the molecule is CNCCCN1c2ccccc2CCc2ccccc21.[O-][N+]1=C(c2ccccc2)c2cc(Cl)ccc2N=C(NCC2CC2)C1. The number of nitrogens with zero attached hydrogens (tertiary/aromatic N) is 3. The molecule has 0 spiro atoms. The Morgan fingerprint density at radius 3 is 2.20 bits per heavy atom. The molecule has 7 heteroatoms. The number of anilines is 2. The van der Waals surface area contributed by atoms with Crippen molar-refractivity contribution < 1.29 is 4.74 Å². The lowest BCUT2D eigenvalue weighted by atomic mass is 10.0. The maximum atomic E-state index is 12.9. The highest BCUT2D eigenvalue weighted by Crippen LogP contribution is 2.36. The van der Waals surface area contributed by atoms with Gasteiger partial charge in [0, 0.05) is 35.1 Å². The Bertz CT molecular complexity index is 1600. The molecule has 2 N–H and O–H groups in total. The zero-order valence-electron chi connectivity index (χ0n) is 25.3. The fraction of sp³-hybridized carbons (Fsp3) is 0.297. The number of hydroxylamine groups is 1. The van der Waals surface area contributed by atoms with E-state index in [1.54, 1.807) is 0 Å². The molecule has 1 aliphatic carbocycles. The van der Waals surface area contributed by atoms with Crippen molar-refractivity contribution in [3.05, 3.63) is 130 Å². The summed E-state index contributed by atoms with van der Waals surface area (Å²) in [6.07, 6.45) is 5.94. The van der Waals surface area contributed by atoms with Crippen molar-refractivity contribution in [2.75, 3.05) is 38.1 Å². The number of para-hydroxylation sites is 2. The van der Waals surface area contributed by atoms with E-state index in [4.69, 9.17) is 16.6 Å². The molecule has 1 fully saturated rings. The van der Waals surface area contributed by atoms with Crippen molar-refractivity contribution in [2.45, 2.75) is 32.1 Å².